The van der Waals surface area contributed by atoms with E-state index < -0.39 is 18.3 Å². The van der Waals surface area contributed by atoms with E-state index in [9.17, 15) is 9.50 Å². The van der Waals surface area contributed by atoms with Gasteiger partial charge in [0.25, 0.3) is 0 Å². The van der Waals surface area contributed by atoms with Crippen LogP contribution in [0.4, 0.5) is 4.39 Å². The lowest BCUT2D eigenvalue weighted by molar-refractivity contribution is -0.00341. The van der Waals surface area contributed by atoms with Crippen molar-refractivity contribution in [2.75, 3.05) is 13.1 Å². The monoisotopic (exact) mass is 307 g/mol. The van der Waals surface area contributed by atoms with Gasteiger partial charge in [-0.05, 0) is 39.2 Å². The molecule has 2 aliphatic heterocycles. The SMILES string of the molecule is CC1(C)OB(c2ccc(CN3CC(O)C3)c(F)c2)OC1(C)C. The second-order valence-corrected chi connectivity index (χ2v) is 7.29. The van der Waals surface area contributed by atoms with Gasteiger partial charge in [0.1, 0.15) is 5.82 Å². The van der Waals surface area contributed by atoms with Crippen LogP contribution in [0.2, 0.25) is 0 Å². The number of halogens is 1. The van der Waals surface area contributed by atoms with E-state index in [4.69, 9.17) is 9.31 Å². The fraction of sp³-hybridized carbons (Fsp3) is 0.625. The van der Waals surface area contributed by atoms with Gasteiger partial charge < -0.3 is 14.4 Å². The van der Waals surface area contributed by atoms with Gasteiger partial charge in [0.2, 0.25) is 0 Å². The van der Waals surface area contributed by atoms with Crippen LogP contribution in [-0.2, 0) is 15.9 Å². The molecule has 6 heteroatoms. The summed E-state index contributed by atoms with van der Waals surface area (Å²) < 4.78 is 26.2. The normalized spacial score (nSPS) is 24.5. The molecule has 0 aliphatic carbocycles. The molecule has 0 bridgehead atoms. The first-order chi connectivity index (χ1) is 10.2. The van der Waals surface area contributed by atoms with Crippen LogP contribution < -0.4 is 5.46 Å². The van der Waals surface area contributed by atoms with Crippen molar-refractivity contribution < 1.29 is 18.8 Å². The van der Waals surface area contributed by atoms with Crippen LogP contribution >= 0.6 is 0 Å². The molecule has 0 radical (unpaired) electrons. The van der Waals surface area contributed by atoms with Gasteiger partial charge in [0.05, 0.1) is 17.3 Å². The number of rotatable bonds is 3. The number of benzene rings is 1. The molecule has 2 aliphatic rings. The van der Waals surface area contributed by atoms with Crippen LogP contribution in [0.15, 0.2) is 18.2 Å². The predicted octanol–water partition coefficient (Wildman–Crippen LogP) is 1.30. The van der Waals surface area contributed by atoms with Gasteiger partial charge in [-0.2, -0.15) is 0 Å². The zero-order chi connectivity index (χ0) is 16.1. The smallest absolute Gasteiger partial charge is 0.399 e. The Morgan fingerprint density at radius 1 is 1.23 bits per heavy atom. The van der Waals surface area contributed by atoms with Gasteiger partial charge in [0.15, 0.2) is 0 Å². The molecule has 0 aromatic heterocycles. The first kappa shape index (κ1) is 15.9. The standard InChI is InChI=1S/C16H23BFNO3/c1-15(2)16(3,4)22-17(21-15)12-6-5-11(14(18)7-12)8-19-9-13(20)10-19/h5-7,13,20H,8-10H2,1-4H3. The molecule has 0 amide bonds. The third-order valence-electron chi connectivity index (χ3n) is 4.93. The first-order valence-electron chi connectivity index (χ1n) is 7.72. The van der Waals surface area contributed by atoms with Crippen molar-refractivity contribution in [2.24, 2.45) is 0 Å². The molecule has 22 heavy (non-hydrogen) atoms. The minimum atomic E-state index is -0.542. The largest absolute Gasteiger partial charge is 0.494 e. The van der Waals surface area contributed by atoms with Crippen LogP contribution in [0.25, 0.3) is 0 Å². The van der Waals surface area contributed by atoms with Gasteiger partial charge in [-0.25, -0.2) is 4.39 Å². The fourth-order valence-corrected chi connectivity index (χ4v) is 2.73. The lowest BCUT2D eigenvalue weighted by Gasteiger charge is -2.35. The molecule has 1 aromatic rings. The highest BCUT2D eigenvalue weighted by Gasteiger charge is 2.51. The topological polar surface area (TPSA) is 41.9 Å². The third kappa shape index (κ3) is 2.81. The maximum absolute atomic E-state index is 14.3. The van der Waals surface area contributed by atoms with E-state index in [2.05, 4.69) is 0 Å². The minimum absolute atomic E-state index is 0.256. The van der Waals surface area contributed by atoms with Crippen molar-refractivity contribution in [2.45, 2.75) is 51.5 Å². The van der Waals surface area contributed by atoms with Gasteiger partial charge in [-0.3, -0.25) is 4.90 Å². The number of β-amino-alcohol motifs (C(OH)–C–C–N with tert-alkyl or cyclic N) is 1. The van der Waals surface area contributed by atoms with Crippen molar-refractivity contribution in [3.05, 3.63) is 29.6 Å². The number of aliphatic hydroxyl groups is 1. The minimum Gasteiger partial charge on any atom is -0.399 e. The molecule has 1 N–H and O–H groups in total. The lowest BCUT2D eigenvalue weighted by atomic mass is 9.78. The molecule has 0 unspecified atom stereocenters. The van der Waals surface area contributed by atoms with Crippen molar-refractivity contribution in [3.8, 4) is 0 Å². The molecule has 0 atom stereocenters. The molecule has 2 saturated heterocycles. The maximum Gasteiger partial charge on any atom is 0.494 e. The van der Waals surface area contributed by atoms with Gasteiger partial charge in [-0.15, -0.1) is 0 Å². The van der Waals surface area contributed by atoms with E-state index in [-0.39, 0.29) is 11.9 Å². The Kier molecular flexibility index (Phi) is 3.84. The number of hydrogen-bond donors (Lipinski definition) is 1. The quantitative estimate of drug-likeness (QED) is 0.855. The summed E-state index contributed by atoms with van der Waals surface area (Å²) in [5.41, 5.74) is 0.469. The molecular weight excluding hydrogens is 284 g/mol. The summed E-state index contributed by atoms with van der Waals surface area (Å²) in [6.45, 7) is 9.66. The highest BCUT2D eigenvalue weighted by atomic mass is 19.1. The Labute approximate surface area is 131 Å². The summed E-state index contributed by atoms with van der Waals surface area (Å²) in [7, 11) is -0.542. The van der Waals surface area contributed by atoms with E-state index in [1.54, 1.807) is 6.07 Å². The highest BCUT2D eigenvalue weighted by Crippen LogP contribution is 2.36. The van der Waals surface area contributed by atoms with Crippen molar-refractivity contribution in [1.29, 1.82) is 0 Å². The van der Waals surface area contributed by atoms with Crippen molar-refractivity contribution in [1.82, 2.24) is 4.90 Å². The van der Waals surface area contributed by atoms with E-state index in [1.807, 2.05) is 38.7 Å². The van der Waals surface area contributed by atoms with Gasteiger partial charge in [0, 0.05) is 25.2 Å². The average molecular weight is 307 g/mol. The number of nitrogens with zero attached hydrogens (tertiary/aromatic N) is 1. The van der Waals surface area contributed by atoms with Crippen molar-refractivity contribution >= 4 is 12.6 Å². The Morgan fingerprint density at radius 2 is 1.82 bits per heavy atom. The second-order valence-electron chi connectivity index (χ2n) is 7.29. The van der Waals surface area contributed by atoms with E-state index >= 15 is 0 Å². The summed E-state index contributed by atoms with van der Waals surface area (Å²) in [5.74, 6) is -0.256. The molecule has 0 spiro atoms. The van der Waals surface area contributed by atoms with Crippen LogP contribution in [0.5, 0.6) is 0 Å². The first-order valence-corrected chi connectivity index (χ1v) is 7.72. The summed E-state index contributed by atoms with van der Waals surface area (Å²) in [6.07, 6.45) is -0.271. The summed E-state index contributed by atoms with van der Waals surface area (Å²) in [5, 5.41) is 9.28. The predicted molar refractivity (Wildman–Crippen MR) is 83.4 cm³/mol. The average Bonchev–Trinajstić information content (AvgIpc) is 2.59. The second kappa shape index (κ2) is 5.30. The van der Waals surface area contributed by atoms with Crippen LogP contribution in [0, 0.1) is 5.82 Å². The molecule has 1 aromatic carbocycles. The Balaban J connectivity index is 1.73. The van der Waals surface area contributed by atoms with Crippen LogP contribution in [0.3, 0.4) is 0 Å². The number of hydrogen-bond acceptors (Lipinski definition) is 4. The highest BCUT2D eigenvalue weighted by molar-refractivity contribution is 6.62. The van der Waals surface area contributed by atoms with Gasteiger partial charge >= 0.3 is 7.12 Å². The van der Waals surface area contributed by atoms with Crippen LogP contribution in [-0.4, -0.2) is 47.5 Å². The fourth-order valence-electron chi connectivity index (χ4n) is 2.73. The van der Waals surface area contributed by atoms with Gasteiger partial charge in [-0.1, -0.05) is 12.1 Å². The van der Waals surface area contributed by atoms with E-state index in [0.717, 1.165) is 0 Å². The molecule has 3 rings (SSSR count). The molecular formula is C16H23BFNO3. The van der Waals surface area contributed by atoms with Crippen LogP contribution in [0.1, 0.15) is 33.3 Å². The molecule has 2 fully saturated rings. The maximum atomic E-state index is 14.3. The Morgan fingerprint density at radius 3 is 2.32 bits per heavy atom. The number of likely N-dealkylation sites (tertiary alicyclic amines) is 1. The number of aliphatic hydroxyl groups excluding tert-OH is 1. The summed E-state index contributed by atoms with van der Waals surface area (Å²) in [4.78, 5) is 2.01. The molecule has 0 saturated carbocycles. The Hall–Kier alpha value is -0.945. The zero-order valence-corrected chi connectivity index (χ0v) is 13.6. The molecule has 120 valence electrons. The molecule has 4 nitrogen and oxygen atoms in total. The summed E-state index contributed by atoms with van der Waals surface area (Å²) in [6, 6.07) is 5.13. The Bertz CT molecular complexity index is 557. The van der Waals surface area contributed by atoms with E-state index in [1.165, 1.54) is 6.07 Å². The zero-order valence-electron chi connectivity index (χ0n) is 13.6. The third-order valence-corrected chi connectivity index (χ3v) is 4.93. The summed E-state index contributed by atoms with van der Waals surface area (Å²) >= 11 is 0. The lowest BCUT2D eigenvalue weighted by Crippen LogP contribution is -2.50. The van der Waals surface area contributed by atoms with Crippen molar-refractivity contribution in [3.63, 3.8) is 0 Å². The molecule has 2 heterocycles. The van der Waals surface area contributed by atoms with E-state index in [0.29, 0.717) is 30.7 Å².